The van der Waals surface area contributed by atoms with Gasteiger partial charge in [0.1, 0.15) is 5.82 Å². The Morgan fingerprint density at radius 3 is 2.12 bits per heavy atom. The maximum atomic E-state index is 12.6. The third-order valence-corrected chi connectivity index (χ3v) is 3.73. The predicted molar refractivity (Wildman–Crippen MR) is 103 cm³/mol. The van der Waals surface area contributed by atoms with E-state index in [1.54, 1.807) is 36.5 Å². The van der Waals surface area contributed by atoms with Gasteiger partial charge in [0.2, 0.25) is 5.91 Å². The van der Waals surface area contributed by atoms with E-state index in [-0.39, 0.29) is 17.6 Å². The lowest BCUT2D eigenvalue weighted by Gasteiger charge is -2.10. The number of anilines is 3. The Hall–Kier alpha value is -3.67. The number of hydrogen-bond donors (Lipinski definition) is 3. The number of aromatic nitrogens is 1. The number of nitrogens with two attached hydrogens (primary N) is 1. The summed E-state index contributed by atoms with van der Waals surface area (Å²) in [5.74, 6) is -0.338. The number of nitrogens with one attached hydrogen (secondary N) is 2. The van der Waals surface area contributed by atoms with Gasteiger partial charge in [-0.15, -0.1) is 0 Å². The lowest BCUT2D eigenvalue weighted by Crippen LogP contribution is -2.15. The van der Waals surface area contributed by atoms with Crippen LogP contribution in [-0.4, -0.2) is 16.8 Å². The van der Waals surface area contributed by atoms with Crippen molar-refractivity contribution in [3.8, 4) is 11.1 Å². The number of hydrogen-bond acceptors (Lipinski definition) is 4. The van der Waals surface area contributed by atoms with Gasteiger partial charge in [-0.2, -0.15) is 0 Å². The minimum absolute atomic E-state index is 0.154. The first-order valence-corrected chi connectivity index (χ1v) is 8.03. The summed E-state index contributed by atoms with van der Waals surface area (Å²) in [4.78, 5) is 27.8. The molecule has 6 nitrogen and oxygen atoms in total. The van der Waals surface area contributed by atoms with Crippen molar-refractivity contribution in [1.82, 2.24) is 4.98 Å². The Kier molecular flexibility index (Phi) is 4.94. The number of pyridine rings is 1. The van der Waals surface area contributed by atoms with Crippen molar-refractivity contribution in [3.63, 3.8) is 0 Å². The van der Waals surface area contributed by atoms with Crippen molar-refractivity contribution in [2.75, 3.05) is 16.4 Å². The molecular weight excluding hydrogens is 328 g/mol. The third-order valence-electron chi connectivity index (χ3n) is 3.73. The zero-order chi connectivity index (χ0) is 18.5. The second kappa shape index (κ2) is 7.48. The quantitative estimate of drug-likeness (QED) is 0.673. The summed E-state index contributed by atoms with van der Waals surface area (Å²) in [5, 5.41) is 5.46. The van der Waals surface area contributed by atoms with Gasteiger partial charge in [-0.3, -0.25) is 9.59 Å². The SMILES string of the molecule is CC(=O)Nc1ccc(NC(=O)c2cc(-c3ccccc3)cnc2N)cc1. The van der Waals surface area contributed by atoms with Gasteiger partial charge in [0.25, 0.3) is 5.91 Å². The summed E-state index contributed by atoms with van der Waals surface area (Å²) >= 11 is 0. The van der Waals surface area contributed by atoms with Crippen molar-refractivity contribution in [3.05, 3.63) is 72.4 Å². The molecule has 130 valence electrons. The standard InChI is InChI=1S/C20H18N4O2/c1-13(25)23-16-7-9-17(10-8-16)24-20(26)18-11-15(12-22-19(18)21)14-5-3-2-4-6-14/h2-12H,1H3,(H2,21,22)(H,23,25)(H,24,26). The molecule has 0 spiro atoms. The first-order valence-electron chi connectivity index (χ1n) is 8.03. The average Bonchev–Trinajstić information content (AvgIpc) is 2.64. The van der Waals surface area contributed by atoms with Crippen molar-refractivity contribution in [2.45, 2.75) is 6.92 Å². The molecule has 2 amide bonds. The first-order chi connectivity index (χ1) is 12.5. The molecule has 0 radical (unpaired) electrons. The molecule has 0 saturated carbocycles. The minimum Gasteiger partial charge on any atom is -0.383 e. The highest BCUT2D eigenvalue weighted by molar-refractivity contribution is 6.08. The average molecular weight is 346 g/mol. The van der Waals surface area contributed by atoms with Crippen LogP contribution in [0.25, 0.3) is 11.1 Å². The van der Waals surface area contributed by atoms with E-state index in [1.165, 1.54) is 6.92 Å². The van der Waals surface area contributed by atoms with Crippen molar-refractivity contribution >= 4 is 29.0 Å². The van der Waals surface area contributed by atoms with Crippen molar-refractivity contribution in [1.29, 1.82) is 0 Å². The highest BCUT2D eigenvalue weighted by Gasteiger charge is 2.13. The highest BCUT2D eigenvalue weighted by Crippen LogP contribution is 2.23. The van der Waals surface area contributed by atoms with Gasteiger partial charge >= 0.3 is 0 Å². The van der Waals surface area contributed by atoms with Gasteiger partial charge in [-0.05, 0) is 35.9 Å². The van der Waals surface area contributed by atoms with E-state index < -0.39 is 0 Å². The topological polar surface area (TPSA) is 97.1 Å². The molecule has 0 aliphatic carbocycles. The molecule has 3 aromatic rings. The van der Waals surface area contributed by atoms with Crippen LogP contribution in [0.3, 0.4) is 0 Å². The molecule has 1 aromatic heterocycles. The Balaban J connectivity index is 1.80. The molecule has 6 heteroatoms. The lowest BCUT2D eigenvalue weighted by molar-refractivity contribution is -0.114. The molecule has 3 rings (SSSR count). The molecular formula is C20H18N4O2. The van der Waals surface area contributed by atoms with E-state index >= 15 is 0 Å². The van der Waals surface area contributed by atoms with Crippen LogP contribution in [0.15, 0.2) is 66.9 Å². The Labute approximate surface area is 151 Å². The number of carbonyl (C=O) groups is 2. The highest BCUT2D eigenvalue weighted by atomic mass is 16.2. The van der Waals surface area contributed by atoms with E-state index in [9.17, 15) is 9.59 Å². The second-order valence-electron chi connectivity index (χ2n) is 5.74. The summed E-state index contributed by atoms with van der Waals surface area (Å²) in [6, 6.07) is 18.2. The number of amides is 2. The molecule has 4 N–H and O–H groups in total. The molecule has 1 heterocycles. The number of carbonyl (C=O) groups excluding carboxylic acids is 2. The Bertz CT molecular complexity index is 938. The summed E-state index contributed by atoms with van der Waals surface area (Å²) in [7, 11) is 0. The molecule has 26 heavy (non-hydrogen) atoms. The summed E-state index contributed by atoms with van der Waals surface area (Å²) in [6.45, 7) is 1.44. The molecule has 0 unspecified atom stereocenters. The fraction of sp³-hybridized carbons (Fsp3) is 0.0500. The van der Waals surface area contributed by atoms with E-state index in [2.05, 4.69) is 15.6 Å². The normalized spacial score (nSPS) is 10.2. The fourth-order valence-corrected chi connectivity index (χ4v) is 2.48. The zero-order valence-electron chi connectivity index (χ0n) is 14.2. The van der Waals surface area contributed by atoms with Gasteiger partial charge < -0.3 is 16.4 Å². The van der Waals surface area contributed by atoms with Crippen LogP contribution in [0.2, 0.25) is 0 Å². The maximum Gasteiger partial charge on any atom is 0.259 e. The Morgan fingerprint density at radius 2 is 1.50 bits per heavy atom. The molecule has 0 saturated heterocycles. The van der Waals surface area contributed by atoms with Crippen LogP contribution < -0.4 is 16.4 Å². The van der Waals surface area contributed by atoms with E-state index in [4.69, 9.17) is 5.73 Å². The van der Waals surface area contributed by atoms with Crippen LogP contribution >= 0.6 is 0 Å². The smallest absolute Gasteiger partial charge is 0.259 e. The van der Waals surface area contributed by atoms with Crippen LogP contribution in [0.4, 0.5) is 17.2 Å². The summed E-state index contributed by atoms with van der Waals surface area (Å²) in [6.07, 6.45) is 1.64. The second-order valence-corrected chi connectivity index (χ2v) is 5.74. The molecule has 0 aliphatic rings. The number of nitrogen functional groups attached to an aromatic ring is 1. The first kappa shape index (κ1) is 17.2. The van der Waals surface area contributed by atoms with Crippen LogP contribution in [0.1, 0.15) is 17.3 Å². The van der Waals surface area contributed by atoms with Gasteiger partial charge in [-0.25, -0.2) is 4.98 Å². The number of nitrogens with zero attached hydrogens (tertiary/aromatic N) is 1. The van der Waals surface area contributed by atoms with Gasteiger partial charge in [0.05, 0.1) is 5.56 Å². The molecule has 0 aliphatic heterocycles. The minimum atomic E-state index is -0.347. The predicted octanol–water partition coefficient (Wildman–Crippen LogP) is 3.54. The number of benzene rings is 2. The van der Waals surface area contributed by atoms with Crippen molar-refractivity contribution in [2.24, 2.45) is 0 Å². The Morgan fingerprint density at radius 1 is 0.885 bits per heavy atom. The van der Waals surface area contributed by atoms with Crippen molar-refractivity contribution < 1.29 is 9.59 Å². The van der Waals surface area contributed by atoms with E-state index in [1.807, 2.05) is 30.3 Å². The lowest BCUT2D eigenvalue weighted by atomic mass is 10.1. The fourth-order valence-electron chi connectivity index (χ4n) is 2.48. The maximum absolute atomic E-state index is 12.6. The monoisotopic (exact) mass is 346 g/mol. The van der Waals surface area contributed by atoms with Crippen LogP contribution in [0.5, 0.6) is 0 Å². The van der Waals surface area contributed by atoms with Gasteiger partial charge in [-0.1, -0.05) is 30.3 Å². The summed E-state index contributed by atoms with van der Waals surface area (Å²) in [5.41, 5.74) is 9.19. The molecule has 0 fully saturated rings. The molecule has 2 aromatic carbocycles. The van der Waals surface area contributed by atoms with Crippen LogP contribution in [-0.2, 0) is 4.79 Å². The molecule has 0 atom stereocenters. The number of rotatable bonds is 4. The third kappa shape index (κ3) is 4.05. The zero-order valence-corrected chi connectivity index (χ0v) is 14.2. The summed E-state index contributed by atoms with van der Waals surface area (Å²) < 4.78 is 0. The largest absolute Gasteiger partial charge is 0.383 e. The van der Waals surface area contributed by atoms with E-state index in [0.29, 0.717) is 16.9 Å². The van der Waals surface area contributed by atoms with Gasteiger partial charge in [0, 0.05) is 30.1 Å². The van der Waals surface area contributed by atoms with E-state index in [0.717, 1.165) is 11.1 Å². The molecule has 0 bridgehead atoms. The van der Waals surface area contributed by atoms with Gasteiger partial charge in [0.15, 0.2) is 0 Å². The van der Waals surface area contributed by atoms with Crippen LogP contribution in [0, 0.1) is 0 Å².